The summed E-state index contributed by atoms with van der Waals surface area (Å²) in [6, 6.07) is 16.4. The number of ether oxygens (including phenoxy) is 2. The number of rotatable bonds is 3. The van der Waals surface area contributed by atoms with E-state index in [1.54, 1.807) is 0 Å². The fourth-order valence-corrected chi connectivity index (χ4v) is 9.01. The standard InChI is InChI=1S/C27H22O4S/c28-24-18-5-1-3-7-22(18)32(23-8-4-2-6-19(23)24)17-11-9-16(10-12-17)30-25-15-13-20-21(14-15)27(29)31-26(20)25/h1-12,15,18,20-21,25-26H,13-14H2/p+1. The molecule has 2 heterocycles. The zero-order valence-corrected chi connectivity index (χ0v) is 18.3. The average Bonchev–Trinajstić information content (AvgIpc) is 3.46. The third kappa shape index (κ3) is 2.54. The third-order valence-electron chi connectivity index (χ3n) is 7.73. The van der Waals surface area contributed by atoms with Gasteiger partial charge < -0.3 is 9.47 Å². The summed E-state index contributed by atoms with van der Waals surface area (Å²) in [5, 5.41) is 0. The molecule has 2 saturated carbocycles. The minimum absolute atomic E-state index is 0.0292. The van der Waals surface area contributed by atoms with Gasteiger partial charge in [0.1, 0.15) is 38.5 Å². The highest BCUT2D eigenvalue weighted by molar-refractivity contribution is 7.97. The van der Waals surface area contributed by atoms with Gasteiger partial charge in [-0.15, -0.1) is 0 Å². The molecule has 0 radical (unpaired) electrons. The molecule has 2 aromatic carbocycles. The number of Topliss-reactive ketones (excluding diaryl/α,β-unsaturated/α-hetero) is 1. The van der Waals surface area contributed by atoms with E-state index in [1.807, 2.05) is 48.6 Å². The maximum atomic E-state index is 13.1. The molecule has 0 spiro atoms. The second-order valence-corrected chi connectivity index (χ2v) is 11.5. The van der Waals surface area contributed by atoms with Crippen molar-refractivity contribution in [3.8, 4) is 5.75 Å². The minimum Gasteiger partial charge on any atom is -0.486 e. The predicted octanol–water partition coefficient (Wildman–Crippen LogP) is 3.89. The van der Waals surface area contributed by atoms with Crippen LogP contribution in [0, 0.1) is 23.7 Å². The van der Waals surface area contributed by atoms with Crippen LogP contribution in [0.2, 0.25) is 0 Å². The number of hydrogen-bond acceptors (Lipinski definition) is 4. The molecular formula is C27H23O4S+. The van der Waals surface area contributed by atoms with Crippen LogP contribution in [0.15, 0.2) is 82.6 Å². The van der Waals surface area contributed by atoms with Gasteiger partial charge in [0.25, 0.3) is 0 Å². The Morgan fingerprint density at radius 2 is 1.81 bits per heavy atom. The van der Waals surface area contributed by atoms with Gasteiger partial charge in [0.15, 0.2) is 5.78 Å². The third-order valence-corrected chi connectivity index (χ3v) is 10.4. The van der Waals surface area contributed by atoms with Gasteiger partial charge in [-0.05, 0) is 55.3 Å². The van der Waals surface area contributed by atoms with Crippen molar-refractivity contribution in [1.82, 2.24) is 0 Å². The minimum atomic E-state index is -0.778. The molecule has 0 aromatic heterocycles. The zero-order chi connectivity index (χ0) is 21.4. The Bertz CT molecular complexity index is 1250. The molecular weight excluding hydrogens is 420 g/mol. The molecule has 7 atom stereocenters. The van der Waals surface area contributed by atoms with E-state index in [0.29, 0.717) is 11.8 Å². The Labute approximate surface area is 188 Å². The summed E-state index contributed by atoms with van der Waals surface area (Å²) >= 11 is 0. The van der Waals surface area contributed by atoms with Gasteiger partial charge in [0.05, 0.1) is 11.5 Å². The summed E-state index contributed by atoms with van der Waals surface area (Å²) in [6.45, 7) is 0. The second kappa shape index (κ2) is 6.79. The number of thiol groups is 1. The van der Waals surface area contributed by atoms with Crippen molar-refractivity contribution < 1.29 is 19.1 Å². The number of carbonyl (C=O) groups is 2. The van der Waals surface area contributed by atoms with Gasteiger partial charge in [0, 0.05) is 11.8 Å². The van der Waals surface area contributed by atoms with Crippen molar-refractivity contribution in [3.63, 3.8) is 0 Å². The first-order valence-corrected chi connectivity index (χ1v) is 12.7. The second-order valence-electron chi connectivity index (χ2n) is 9.34. The van der Waals surface area contributed by atoms with E-state index >= 15 is 0 Å². The lowest BCUT2D eigenvalue weighted by Crippen LogP contribution is -2.36. The molecule has 2 aromatic rings. The van der Waals surface area contributed by atoms with Gasteiger partial charge in [0.2, 0.25) is 0 Å². The van der Waals surface area contributed by atoms with Crippen molar-refractivity contribution in [1.29, 1.82) is 0 Å². The van der Waals surface area contributed by atoms with Crippen molar-refractivity contribution in [2.24, 2.45) is 23.7 Å². The van der Waals surface area contributed by atoms with E-state index in [9.17, 15) is 9.59 Å². The molecule has 3 aliphatic carbocycles. The molecule has 160 valence electrons. The fraction of sp³-hybridized carbons (Fsp3) is 0.296. The molecule has 2 aliphatic heterocycles. The summed E-state index contributed by atoms with van der Waals surface area (Å²) in [5.41, 5.74) is 0.840. The predicted molar refractivity (Wildman–Crippen MR) is 123 cm³/mol. The summed E-state index contributed by atoms with van der Waals surface area (Å²) in [4.78, 5) is 28.6. The van der Waals surface area contributed by atoms with Crippen molar-refractivity contribution in [2.45, 2.75) is 34.8 Å². The molecule has 4 nitrogen and oxygen atoms in total. The number of hydrogen-bond donors (Lipinski definition) is 0. The lowest BCUT2D eigenvalue weighted by atomic mass is 9.88. The van der Waals surface area contributed by atoms with Crippen LogP contribution >= 0.6 is 0 Å². The molecule has 5 aliphatic rings. The lowest BCUT2D eigenvalue weighted by Gasteiger charge is -2.26. The molecule has 7 unspecified atom stereocenters. The van der Waals surface area contributed by atoms with Crippen LogP contribution in [0.25, 0.3) is 0 Å². The van der Waals surface area contributed by atoms with Gasteiger partial charge in [-0.2, -0.15) is 0 Å². The highest BCUT2D eigenvalue weighted by Crippen LogP contribution is 2.55. The molecule has 7 rings (SSSR count). The van der Waals surface area contributed by atoms with Crippen molar-refractivity contribution in [3.05, 3.63) is 78.4 Å². The van der Waals surface area contributed by atoms with E-state index in [4.69, 9.17) is 9.47 Å². The number of ketones is 1. The maximum absolute atomic E-state index is 13.1. The maximum Gasteiger partial charge on any atom is 0.309 e. The van der Waals surface area contributed by atoms with Crippen LogP contribution in [-0.2, 0) is 20.0 Å². The van der Waals surface area contributed by atoms with Crippen LogP contribution in [0.1, 0.15) is 23.2 Å². The SMILES string of the molecule is O=C1c2ccccc2[SH+](c2ccc(OC3C4CC5C(=O)OC3C5C4)cc2)=C2C=CC=CC12. The normalized spacial score (nSPS) is 35.6. The summed E-state index contributed by atoms with van der Waals surface area (Å²) in [6.07, 6.45) is 9.98. The number of allylic oxidation sites excluding steroid dienone is 4. The number of esters is 1. The summed E-state index contributed by atoms with van der Waals surface area (Å²) < 4.78 is 12.0. The van der Waals surface area contributed by atoms with Crippen LogP contribution < -0.4 is 4.74 Å². The van der Waals surface area contributed by atoms with E-state index in [0.717, 1.165) is 29.1 Å². The van der Waals surface area contributed by atoms with Crippen molar-refractivity contribution in [2.75, 3.05) is 0 Å². The molecule has 1 saturated heterocycles. The molecule has 32 heavy (non-hydrogen) atoms. The smallest absolute Gasteiger partial charge is 0.309 e. The monoisotopic (exact) mass is 443 g/mol. The Hall–Kier alpha value is -2.92. The van der Waals surface area contributed by atoms with Crippen LogP contribution in [-0.4, -0.2) is 28.8 Å². The van der Waals surface area contributed by atoms with E-state index in [-0.39, 0.29) is 35.8 Å². The highest BCUT2D eigenvalue weighted by Gasteiger charge is 2.63. The number of fused-ring (bicyclic) bond motifs is 3. The average molecular weight is 444 g/mol. The van der Waals surface area contributed by atoms with Crippen LogP contribution in [0.5, 0.6) is 5.75 Å². The first-order valence-electron chi connectivity index (χ1n) is 11.3. The van der Waals surface area contributed by atoms with Gasteiger partial charge in [-0.3, -0.25) is 9.59 Å². The van der Waals surface area contributed by atoms with Gasteiger partial charge in [-0.25, -0.2) is 0 Å². The van der Waals surface area contributed by atoms with Gasteiger partial charge in [-0.1, -0.05) is 40.8 Å². The summed E-state index contributed by atoms with van der Waals surface area (Å²) in [5.74, 6) is 1.67. The number of benzene rings is 2. The van der Waals surface area contributed by atoms with E-state index < -0.39 is 10.5 Å². The van der Waals surface area contributed by atoms with E-state index in [2.05, 4.69) is 24.3 Å². The van der Waals surface area contributed by atoms with Gasteiger partial charge >= 0.3 is 5.97 Å². The first-order chi connectivity index (χ1) is 15.7. The molecule has 5 heteroatoms. The Kier molecular flexibility index (Phi) is 3.95. The molecule has 2 bridgehead atoms. The van der Waals surface area contributed by atoms with Crippen LogP contribution in [0.3, 0.4) is 0 Å². The Balaban J connectivity index is 1.23. The Morgan fingerprint density at radius 3 is 2.69 bits per heavy atom. The van der Waals surface area contributed by atoms with E-state index in [1.165, 1.54) is 9.76 Å². The summed E-state index contributed by atoms with van der Waals surface area (Å²) in [7, 11) is -0.778. The number of carbonyl (C=O) groups excluding carboxylic acids is 2. The molecule has 3 fully saturated rings. The largest absolute Gasteiger partial charge is 0.486 e. The molecule has 0 N–H and O–H groups in total. The highest BCUT2D eigenvalue weighted by atomic mass is 32.2. The Morgan fingerprint density at radius 1 is 0.969 bits per heavy atom. The van der Waals surface area contributed by atoms with Crippen molar-refractivity contribution >= 4 is 27.1 Å². The van der Waals surface area contributed by atoms with Crippen LogP contribution in [0.4, 0.5) is 0 Å². The lowest BCUT2D eigenvalue weighted by molar-refractivity contribution is -0.145. The first kappa shape index (κ1) is 18.6. The zero-order valence-electron chi connectivity index (χ0n) is 17.4. The topological polar surface area (TPSA) is 52.6 Å². The molecule has 0 amide bonds. The quantitative estimate of drug-likeness (QED) is 0.313. The fourth-order valence-electron chi connectivity index (χ4n) is 6.33.